The van der Waals surface area contributed by atoms with Gasteiger partial charge in [-0.05, 0) is 67.6 Å². The molecule has 1 saturated heterocycles. The average Bonchev–Trinajstić information content (AvgIpc) is 2.77. The molecule has 7 nitrogen and oxygen atoms in total. The van der Waals surface area contributed by atoms with E-state index in [-0.39, 0.29) is 22.9 Å². The number of primary amides is 1. The van der Waals surface area contributed by atoms with Crippen molar-refractivity contribution in [3.63, 3.8) is 0 Å². The van der Waals surface area contributed by atoms with Gasteiger partial charge in [0.1, 0.15) is 11.4 Å². The van der Waals surface area contributed by atoms with Crippen LogP contribution in [0.1, 0.15) is 39.9 Å². The first kappa shape index (κ1) is 21.1. The van der Waals surface area contributed by atoms with Crippen LogP contribution in [-0.4, -0.2) is 33.7 Å². The Morgan fingerprint density at radius 2 is 1.94 bits per heavy atom. The van der Waals surface area contributed by atoms with Crippen molar-refractivity contribution in [1.82, 2.24) is 14.9 Å². The van der Waals surface area contributed by atoms with E-state index in [0.29, 0.717) is 24.0 Å². The summed E-state index contributed by atoms with van der Waals surface area (Å²) in [4.78, 5) is 29.8. The summed E-state index contributed by atoms with van der Waals surface area (Å²) >= 11 is 0. The maximum absolute atomic E-state index is 13.3. The number of aromatic nitrogens is 2. The fraction of sp³-hybridized carbons (Fsp3) is 0.348. The third kappa shape index (κ3) is 4.35. The second-order valence-electron chi connectivity index (χ2n) is 8.00. The molecule has 3 heterocycles. The lowest BCUT2D eigenvalue weighted by atomic mass is 9.97. The number of nitrogens with one attached hydrogen (secondary N) is 1. The number of rotatable bonds is 6. The van der Waals surface area contributed by atoms with Crippen molar-refractivity contribution in [2.45, 2.75) is 32.4 Å². The minimum atomic E-state index is -0.868. The average molecular weight is 424 g/mol. The Morgan fingerprint density at radius 1 is 1.23 bits per heavy atom. The van der Waals surface area contributed by atoms with Gasteiger partial charge in [0, 0.05) is 18.3 Å². The van der Waals surface area contributed by atoms with E-state index in [9.17, 15) is 19.1 Å². The summed E-state index contributed by atoms with van der Waals surface area (Å²) in [6.45, 7) is 1.69. The third-order valence-electron chi connectivity index (χ3n) is 5.89. The van der Waals surface area contributed by atoms with E-state index in [1.807, 2.05) is 6.07 Å². The molecule has 162 valence electrons. The number of carbonyl (C=O) groups is 1. The third-order valence-corrected chi connectivity index (χ3v) is 5.89. The number of halogens is 1. The lowest BCUT2D eigenvalue weighted by Gasteiger charge is -2.25. The Hall–Kier alpha value is -3.10. The second-order valence-corrected chi connectivity index (χ2v) is 8.00. The van der Waals surface area contributed by atoms with E-state index in [2.05, 4.69) is 10.3 Å². The van der Waals surface area contributed by atoms with E-state index < -0.39 is 18.1 Å². The molecular formula is C23H25FN4O3. The normalized spacial score (nSPS) is 14.8. The van der Waals surface area contributed by atoms with Gasteiger partial charge >= 0.3 is 0 Å². The minimum Gasteiger partial charge on any atom is -0.392 e. The molecule has 0 atom stereocenters. The standard InChI is InChI=1S/C23H25FN4O3/c24-17-3-1-14(2-4-17)9-16-10-19-21(27-11-16)18(13-29)20(22(25)30)23(31)28(19)12-15-5-7-26-8-6-15/h1-4,10-11,15,26,29H,5-9,12-13H2,(H2,25,30). The van der Waals surface area contributed by atoms with E-state index in [4.69, 9.17) is 5.73 Å². The van der Waals surface area contributed by atoms with Crippen LogP contribution in [0, 0.1) is 11.7 Å². The number of aliphatic hydroxyl groups is 1. The smallest absolute Gasteiger partial charge is 0.264 e. The van der Waals surface area contributed by atoms with Crippen LogP contribution in [0.25, 0.3) is 11.0 Å². The van der Waals surface area contributed by atoms with Crippen molar-refractivity contribution in [2.75, 3.05) is 13.1 Å². The van der Waals surface area contributed by atoms with Gasteiger partial charge in [-0.2, -0.15) is 0 Å². The van der Waals surface area contributed by atoms with E-state index >= 15 is 0 Å². The van der Waals surface area contributed by atoms with E-state index in [1.54, 1.807) is 22.9 Å². The molecule has 1 amide bonds. The number of aliphatic hydroxyl groups excluding tert-OH is 1. The molecule has 3 aromatic rings. The Morgan fingerprint density at radius 3 is 2.58 bits per heavy atom. The monoisotopic (exact) mass is 424 g/mol. The zero-order valence-corrected chi connectivity index (χ0v) is 17.1. The molecule has 4 N–H and O–H groups in total. The highest BCUT2D eigenvalue weighted by Gasteiger charge is 2.23. The summed E-state index contributed by atoms with van der Waals surface area (Å²) < 4.78 is 14.8. The van der Waals surface area contributed by atoms with Gasteiger partial charge in [-0.1, -0.05) is 12.1 Å². The molecule has 0 radical (unpaired) electrons. The van der Waals surface area contributed by atoms with Crippen molar-refractivity contribution < 1.29 is 14.3 Å². The van der Waals surface area contributed by atoms with Crippen molar-refractivity contribution in [1.29, 1.82) is 0 Å². The molecule has 1 aliphatic heterocycles. The number of hydrogen-bond donors (Lipinski definition) is 3. The Balaban J connectivity index is 1.85. The highest BCUT2D eigenvalue weighted by molar-refractivity contribution is 5.98. The fourth-order valence-corrected chi connectivity index (χ4v) is 4.27. The molecule has 0 aliphatic carbocycles. The molecule has 0 spiro atoms. The summed E-state index contributed by atoms with van der Waals surface area (Å²) in [5.74, 6) is -0.890. The zero-order chi connectivity index (χ0) is 22.0. The number of pyridine rings is 2. The van der Waals surface area contributed by atoms with Gasteiger partial charge in [0.15, 0.2) is 0 Å². The summed E-state index contributed by atoms with van der Waals surface area (Å²) in [6.07, 6.45) is 4.00. The summed E-state index contributed by atoms with van der Waals surface area (Å²) in [6, 6.07) is 8.08. The number of piperidine rings is 1. The number of fused-ring (bicyclic) bond motifs is 1. The Bertz CT molecular complexity index is 1170. The number of nitrogens with two attached hydrogens (primary N) is 1. The van der Waals surface area contributed by atoms with E-state index in [0.717, 1.165) is 37.1 Å². The van der Waals surface area contributed by atoms with Crippen LogP contribution >= 0.6 is 0 Å². The maximum atomic E-state index is 13.3. The van der Waals surface area contributed by atoms with Crippen LogP contribution < -0.4 is 16.6 Å². The number of hydrogen-bond acceptors (Lipinski definition) is 5. The lowest BCUT2D eigenvalue weighted by molar-refractivity contribution is 0.0995. The summed E-state index contributed by atoms with van der Waals surface area (Å²) in [5.41, 5.74) is 7.66. The molecule has 1 fully saturated rings. The van der Waals surface area contributed by atoms with Crippen LogP contribution in [0.3, 0.4) is 0 Å². The van der Waals surface area contributed by atoms with Crippen molar-refractivity contribution >= 4 is 16.9 Å². The molecule has 1 aromatic carbocycles. The molecule has 0 unspecified atom stereocenters. The Kier molecular flexibility index (Phi) is 6.11. The van der Waals surface area contributed by atoms with Gasteiger partial charge < -0.3 is 20.7 Å². The highest BCUT2D eigenvalue weighted by Crippen LogP contribution is 2.23. The predicted octanol–water partition coefficient (Wildman–Crippen LogP) is 1.72. The molecule has 8 heteroatoms. The van der Waals surface area contributed by atoms with Gasteiger partial charge in [-0.25, -0.2) is 4.39 Å². The molecule has 1 aliphatic rings. The molecule has 0 saturated carbocycles. The topological polar surface area (TPSA) is 110 Å². The van der Waals surface area contributed by atoms with Crippen LogP contribution in [-0.2, 0) is 19.6 Å². The Labute approximate surface area is 178 Å². The fourth-order valence-electron chi connectivity index (χ4n) is 4.27. The van der Waals surface area contributed by atoms with Crippen LogP contribution in [0.4, 0.5) is 4.39 Å². The summed E-state index contributed by atoms with van der Waals surface area (Å²) in [5, 5.41) is 13.2. The molecule has 4 rings (SSSR count). The largest absolute Gasteiger partial charge is 0.392 e. The van der Waals surface area contributed by atoms with Gasteiger partial charge in [-0.3, -0.25) is 14.6 Å². The maximum Gasteiger partial charge on any atom is 0.264 e. The molecular weight excluding hydrogens is 399 g/mol. The number of nitrogens with zero attached hydrogens (tertiary/aromatic N) is 2. The van der Waals surface area contributed by atoms with Gasteiger partial charge in [-0.15, -0.1) is 0 Å². The predicted molar refractivity (Wildman–Crippen MR) is 115 cm³/mol. The minimum absolute atomic E-state index is 0.155. The first-order valence-corrected chi connectivity index (χ1v) is 10.4. The van der Waals surface area contributed by atoms with E-state index in [1.165, 1.54) is 12.1 Å². The SMILES string of the molecule is NC(=O)c1c(CO)c2ncc(Cc3ccc(F)cc3)cc2n(CC2CCNCC2)c1=O. The van der Waals surface area contributed by atoms with Crippen LogP contribution in [0.15, 0.2) is 41.3 Å². The first-order chi connectivity index (χ1) is 15.0. The van der Waals surface area contributed by atoms with Crippen molar-refractivity contribution in [3.8, 4) is 0 Å². The summed E-state index contributed by atoms with van der Waals surface area (Å²) in [7, 11) is 0. The number of carbonyl (C=O) groups excluding carboxylic acids is 1. The van der Waals surface area contributed by atoms with Gasteiger partial charge in [0.05, 0.1) is 17.6 Å². The first-order valence-electron chi connectivity index (χ1n) is 10.4. The van der Waals surface area contributed by atoms with Gasteiger partial charge in [0.25, 0.3) is 11.5 Å². The van der Waals surface area contributed by atoms with Crippen molar-refractivity contribution in [3.05, 3.63) is 75.0 Å². The molecule has 31 heavy (non-hydrogen) atoms. The van der Waals surface area contributed by atoms with Crippen LogP contribution in [0.2, 0.25) is 0 Å². The van der Waals surface area contributed by atoms with Crippen LogP contribution in [0.5, 0.6) is 0 Å². The zero-order valence-electron chi connectivity index (χ0n) is 17.1. The number of benzene rings is 1. The lowest BCUT2D eigenvalue weighted by Crippen LogP contribution is -2.36. The number of amides is 1. The van der Waals surface area contributed by atoms with Crippen molar-refractivity contribution in [2.24, 2.45) is 11.7 Å². The molecule has 0 bridgehead atoms. The molecule has 2 aromatic heterocycles. The highest BCUT2D eigenvalue weighted by atomic mass is 19.1. The second kappa shape index (κ2) is 8.95. The van der Waals surface area contributed by atoms with Gasteiger partial charge in [0.2, 0.25) is 0 Å². The quantitative estimate of drug-likeness (QED) is 0.558.